The molecule has 5 heteroatoms. The number of benzene rings is 3. The molecule has 0 saturated carbocycles. The van der Waals surface area contributed by atoms with Crippen molar-refractivity contribution in [2.75, 3.05) is 0 Å². The lowest BCUT2D eigenvalue weighted by molar-refractivity contribution is 0.0696. The maximum Gasteiger partial charge on any atom is 0.337 e. The monoisotopic (exact) mass is 353 g/mol. The summed E-state index contributed by atoms with van der Waals surface area (Å²) in [4.78, 5) is 23.5. The molecule has 2 N–H and O–H groups in total. The number of carbonyl (C=O) groups is 2. The first-order chi connectivity index (χ1) is 12.0. The molecule has 0 aromatic heterocycles. The fourth-order valence-corrected chi connectivity index (χ4v) is 3.08. The zero-order valence-corrected chi connectivity index (χ0v) is 14.2. The summed E-state index contributed by atoms with van der Waals surface area (Å²) in [6, 6.07) is 17.9. The van der Waals surface area contributed by atoms with Crippen LogP contribution in [0.15, 0.2) is 60.7 Å². The molecule has 0 aliphatic rings. The first-order valence-electron chi connectivity index (χ1n) is 7.78. The first kappa shape index (κ1) is 17.0. The van der Waals surface area contributed by atoms with Gasteiger partial charge in [0.1, 0.15) is 0 Å². The Morgan fingerprint density at radius 3 is 2.48 bits per heavy atom. The molecule has 0 aliphatic carbocycles. The van der Waals surface area contributed by atoms with Crippen LogP contribution in [0.2, 0.25) is 5.02 Å². The van der Waals surface area contributed by atoms with Crippen LogP contribution in [0.5, 0.6) is 0 Å². The summed E-state index contributed by atoms with van der Waals surface area (Å²) in [6.07, 6.45) is 0. The normalized spacial score (nSPS) is 11.9. The molecule has 0 unspecified atom stereocenters. The fourth-order valence-electron chi connectivity index (χ4n) is 2.82. The van der Waals surface area contributed by atoms with Gasteiger partial charge < -0.3 is 10.4 Å². The Hall–Kier alpha value is -2.85. The fraction of sp³-hybridized carbons (Fsp3) is 0.100. The highest BCUT2D eigenvalue weighted by atomic mass is 35.5. The third kappa shape index (κ3) is 3.49. The lowest BCUT2D eigenvalue weighted by Crippen LogP contribution is -2.26. The highest BCUT2D eigenvalue weighted by molar-refractivity contribution is 6.33. The highest BCUT2D eigenvalue weighted by Crippen LogP contribution is 2.25. The summed E-state index contributed by atoms with van der Waals surface area (Å²) >= 11 is 5.94. The minimum atomic E-state index is -1.12. The van der Waals surface area contributed by atoms with Gasteiger partial charge in [0.2, 0.25) is 0 Å². The molecule has 3 aromatic rings. The van der Waals surface area contributed by atoms with Crippen molar-refractivity contribution in [3.63, 3.8) is 0 Å². The van der Waals surface area contributed by atoms with E-state index in [1.807, 2.05) is 49.4 Å². The van der Waals surface area contributed by atoms with Crippen LogP contribution in [-0.2, 0) is 0 Å². The zero-order valence-electron chi connectivity index (χ0n) is 13.5. The molecule has 0 saturated heterocycles. The average Bonchev–Trinajstić information content (AvgIpc) is 2.60. The van der Waals surface area contributed by atoms with Gasteiger partial charge in [-0.15, -0.1) is 0 Å². The van der Waals surface area contributed by atoms with Crippen molar-refractivity contribution in [3.8, 4) is 0 Å². The lowest BCUT2D eigenvalue weighted by Gasteiger charge is -2.17. The molecule has 0 bridgehead atoms. The van der Waals surface area contributed by atoms with Crippen molar-refractivity contribution in [1.82, 2.24) is 5.32 Å². The van der Waals surface area contributed by atoms with Crippen LogP contribution in [0.1, 0.15) is 39.2 Å². The van der Waals surface area contributed by atoms with Gasteiger partial charge in [0.25, 0.3) is 5.91 Å². The Balaban J connectivity index is 1.85. The van der Waals surface area contributed by atoms with Crippen LogP contribution < -0.4 is 5.32 Å². The third-order valence-corrected chi connectivity index (χ3v) is 4.41. The summed E-state index contributed by atoms with van der Waals surface area (Å²) in [5.41, 5.74) is 1.31. The molecular formula is C20H16ClNO3. The number of carboxylic acid groups (broad SMARTS) is 1. The number of carboxylic acids is 1. The summed E-state index contributed by atoms with van der Waals surface area (Å²) in [5.74, 6) is -1.43. The van der Waals surface area contributed by atoms with Crippen LogP contribution >= 0.6 is 11.6 Å². The number of hydrogen-bond acceptors (Lipinski definition) is 2. The molecule has 0 radical (unpaired) electrons. The molecular weight excluding hydrogens is 338 g/mol. The van der Waals surface area contributed by atoms with Crippen LogP contribution in [-0.4, -0.2) is 17.0 Å². The predicted molar refractivity (Wildman–Crippen MR) is 98.2 cm³/mol. The van der Waals surface area contributed by atoms with Crippen molar-refractivity contribution in [2.24, 2.45) is 0 Å². The third-order valence-electron chi connectivity index (χ3n) is 4.10. The van der Waals surface area contributed by atoms with E-state index >= 15 is 0 Å². The van der Waals surface area contributed by atoms with Gasteiger partial charge in [-0.05, 0) is 41.5 Å². The second-order valence-corrected chi connectivity index (χ2v) is 6.17. The molecule has 0 spiro atoms. The highest BCUT2D eigenvalue weighted by Gasteiger charge is 2.16. The number of amides is 1. The molecule has 1 atom stereocenters. The quantitative estimate of drug-likeness (QED) is 0.715. The molecule has 25 heavy (non-hydrogen) atoms. The number of rotatable bonds is 4. The molecule has 3 aromatic carbocycles. The van der Waals surface area contributed by atoms with Gasteiger partial charge in [0.05, 0.1) is 16.6 Å². The Labute approximate surface area is 150 Å². The SMILES string of the molecule is C[C@@H](NC(=O)c1ccc(C(=O)O)c(Cl)c1)c1cccc2ccccc12. The minimum absolute atomic E-state index is 0.0275. The number of halogens is 1. The topological polar surface area (TPSA) is 66.4 Å². The molecule has 4 nitrogen and oxygen atoms in total. The second kappa shape index (κ2) is 6.95. The summed E-state index contributed by atoms with van der Waals surface area (Å²) in [5, 5.41) is 14.2. The Morgan fingerprint density at radius 2 is 1.76 bits per heavy atom. The smallest absolute Gasteiger partial charge is 0.337 e. The van der Waals surface area contributed by atoms with Gasteiger partial charge in [-0.25, -0.2) is 4.79 Å². The van der Waals surface area contributed by atoms with E-state index in [0.717, 1.165) is 16.3 Å². The Kier molecular flexibility index (Phi) is 4.72. The zero-order chi connectivity index (χ0) is 18.0. The van der Waals surface area contributed by atoms with E-state index < -0.39 is 5.97 Å². The molecule has 0 aliphatic heterocycles. The second-order valence-electron chi connectivity index (χ2n) is 5.76. The Bertz CT molecular complexity index is 963. The van der Waals surface area contributed by atoms with Crippen LogP contribution in [0.3, 0.4) is 0 Å². The van der Waals surface area contributed by atoms with Gasteiger partial charge in [0.15, 0.2) is 0 Å². The van der Waals surface area contributed by atoms with Gasteiger partial charge in [-0.3, -0.25) is 4.79 Å². The number of carbonyl (C=O) groups excluding carboxylic acids is 1. The van der Waals surface area contributed by atoms with Crippen molar-refractivity contribution in [3.05, 3.63) is 82.4 Å². The van der Waals surface area contributed by atoms with E-state index in [9.17, 15) is 9.59 Å². The largest absolute Gasteiger partial charge is 0.478 e. The van der Waals surface area contributed by atoms with E-state index in [-0.39, 0.29) is 22.5 Å². The molecule has 126 valence electrons. The van der Waals surface area contributed by atoms with Crippen molar-refractivity contribution in [1.29, 1.82) is 0 Å². The van der Waals surface area contributed by atoms with Crippen LogP contribution in [0.4, 0.5) is 0 Å². The molecule has 0 heterocycles. The predicted octanol–water partition coefficient (Wildman–Crippen LogP) is 4.68. The summed E-state index contributed by atoms with van der Waals surface area (Å²) < 4.78 is 0. The molecule has 1 amide bonds. The van der Waals surface area contributed by atoms with E-state index in [1.54, 1.807) is 0 Å². The summed E-state index contributed by atoms with van der Waals surface area (Å²) in [7, 11) is 0. The van der Waals surface area contributed by atoms with Gasteiger partial charge in [0, 0.05) is 5.56 Å². The van der Waals surface area contributed by atoms with E-state index in [1.165, 1.54) is 18.2 Å². The standard InChI is InChI=1S/C20H16ClNO3/c1-12(15-8-4-6-13-5-2-3-7-16(13)15)22-19(23)14-9-10-17(20(24)25)18(21)11-14/h2-12H,1H3,(H,22,23)(H,24,25)/t12-/m1/s1. The van der Waals surface area contributed by atoms with E-state index in [4.69, 9.17) is 16.7 Å². The number of hydrogen-bond donors (Lipinski definition) is 2. The molecule has 0 fully saturated rings. The van der Waals surface area contributed by atoms with Crippen LogP contribution in [0.25, 0.3) is 10.8 Å². The average molecular weight is 354 g/mol. The number of aromatic carboxylic acids is 1. The van der Waals surface area contributed by atoms with Crippen molar-refractivity contribution >= 4 is 34.2 Å². The summed E-state index contributed by atoms with van der Waals surface area (Å²) in [6.45, 7) is 1.91. The number of fused-ring (bicyclic) bond motifs is 1. The van der Waals surface area contributed by atoms with Gasteiger partial charge >= 0.3 is 5.97 Å². The van der Waals surface area contributed by atoms with Gasteiger partial charge in [-0.1, -0.05) is 54.1 Å². The number of nitrogens with one attached hydrogen (secondary N) is 1. The lowest BCUT2D eigenvalue weighted by atomic mass is 9.99. The Morgan fingerprint density at radius 1 is 1.04 bits per heavy atom. The van der Waals surface area contributed by atoms with Crippen molar-refractivity contribution in [2.45, 2.75) is 13.0 Å². The van der Waals surface area contributed by atoms with Gasteiger partial charge in [-0.2, -0.15) is 0 Å². The maximum atomic E-state index is 12.5. The molecule has 3 rings (SSSR count). The minimum Gasteiger partial charge on any atom is -0.478 e. The van der Waals surface area contributed by atoms with Crippen LogP contribution in [0, 0.1) is 0 Å². The van der Waals surface area contributed by atoms with Crippen molar-refractivity contribution < 1.29 is 14.7 Å². The first-order valence-corrected chi connectivity index (χ1v) is 8.16. The maximum absolute atomic E-state index is 12.5. The van der Waals surface area contributed by atoms with E-state index in [2.05, 4.69) is 5.32 Å². The van der Waals surface area contributed by atoms with E-state index in [0.29, 0.717) is 5.56 Å².